The summed E-state index contributed by atoms with van der Waals surface area (Å²) < 4.78 is 5.43. The predicted molar refractivity (Wildman–Crippen MR) is 121 cm³/mol. The zero-order valence-electron chi connectivity index (χ0n) is 17.2. The monoisotopic (exact) mass is 453 g/mol. The molecule has 1 amide bonds. The topological polar surface area (TPSA) is 99.0 Å². The van der Waals surface area contributed by atoms with E-state index in [-0.39, 0.29) is 25.7 Å². The Labute approximate surface area is 191 Å². The molecule has 4 N–H and O–H groups in total. The summed E-state index contributed by atoms with van der Waals surface area (Å²) in [5.74, 6) is -0.0605. The summed E-state index contributed by atoms with van der Waals surface area (Å²) in [7, 11) is 0. The van der Waals surface area contributed by atoms with Gasteiger partial charge in [-0.25, -0.2) is 4.79 Å². The van der Waals surface area contributed by atoms with E-state index in [4.69, 9.17) is 16.3 Å². The highest BCUT2D eigenvalue weighted by Gasteiger charge is 2.29. The van der Waals surface area contributed by atoms with Crippen LogP contribution in [0.15, 0.2) is 66.7 Å². The molecular weight excluding hydrogens is 430 g/mol. The second kappa shape index (κ2) is 9.71. The van der Waals surface area contributed by atoms with E-state index in [1.807, 2.05) is 36.4 Å². The number of alkyl carbamates (subject to hydrolysis) is 1. The van der Waals surface area contributed by atoms with Crippen LogP contribution in [0.4, 0.5) is 4.79 Å². The molecule has 0 bridgehead atoms. The van der Waals surface area contributed by atoms with E-state index in [0.717, 1.165) is 22.3 Å². The molecule has 4 rings (SSSR count). The lowest BCUT2D eigenvalue weighted by atomic mass is 9.98. The normalized spacial score (nSPS) is 14.4. The molecule has 0 radical (unpaired) electrons. The number of fused-ring (bicyclic) bond motifs is 3. The maximum Gasteiger partial charge on any atom is 0.407 e. The van der Waals surface area contributed by atoms with Crippen LogP contribution in [-0.2, 0) is 11.3 Å². The average molecular weight is 454 g/mol. The minimum absolute atomic E-state index is 0.0605. The number of rotatable bonds is 7. The van der Waals surface area contributed by atoms with Crippen molar-refractivity contribution in [3.05, 3.63) is 94.0 Å². The highest BCUT2D eigenvalue weighted by molar-refractivity contribution is 6.31. The first-order chi connectivity index (χ1) is 15.5. The van der Waals surface area contributed by atoms with Crippen molar-refractivity contribution < 1.29 is 24.9 Å². The molecular formula is C25H24ClNO5. The smallest absolute Gasteiger partial charge is 0.407 e. The highest BCUT2D eigenvalue weighted by atomic mass is 35.5. The van der Waals surface area contributed by atoms with E-state index >= 15 is 0 Å². The van der Waals surface area contributed by atoms with Crippen molar-refractivity contribution in [2.75, 3.05) is 13.2 Å². The van der Waals surface area contributed by atoms with Gasteiger partial charge in [-0.3, -0.25) is 0 Å². The van der Waals surface area contributed by atoms with Gasteiger partial charge in [0.2, 0.25) is 0 Å². The molecule has 7 heteroatoms. The van der Waals surface area contributed by atoms with Crippen LogP contribution in [0.1, 0.15) is 34.3 Å². The van der Waals surface area contributed by atoms with Gasteiger partial charge in [-0.1, -0.05) is 66.2 Å². The van der Waals surface area contributed by atoms with Gasteiger partial charge in [0, 0.05) is 17.5 Å². The summed E-state index contributed by atoms with van der Waals surface area (Å²) in [4.78, 5) is 12.3. The molecule has 3 aromatic carbocycles. The molecule has 3 aromatic rings. The first-order valence-corrected chi connectivity index (χ1v) is 10.7. The van der Waals surface area contributed by atoms with E-state index in [9.17, 15) is 20.1 Å². The summed E-state index contributed by atoms with van der Waals surface area (Å²) in [5, 5.41) is 32.8. The fraction of sp³-hybridized carbons (Fsp3) is 0.240. The zero-order valence-corrected chi connectivity index (χ0v) is 18.0. The van der Waals surface area contributed by atoms with Gasteiger partial charge in [0.25, 0.3) is 0 Å². The standard InChI is InChI=1S/C25H24ClNO5/c26-22-10-9-15(11-16(22)13-28)24(30)23(29)12-27-25(31)32-14-21-19-7-3-1-5-17(19)18-6-2-4-8-20(18)21/h1-11,21,23-24,28-30H,12-14H2,(H,27,31). The van der Waals surface area contributed by atoms with Gasteiger partial charge >= 0.3 is 6.09 Å². The Morgan fingerprint density at radius 3 is 2.25 bits per heavy atom. The summed E-state index contributed by atoms with van der Waals surface area (Å²) in [6.45, 7) is -0.321. The van der Waals surface area contributed by atoms with Crippen LogP contribution in [-0.4, -0.2) is 40.7 Å². The number of amides is 1. The molecule has 0 fully saturated rings. The lowest BCUT2D eigenvalue weighted by molar-refractivity contribution is 0.0185. The number of carbonyl (C=O) groups excluding carboxylic acids is 1. The van der Waals surface area contributed by atoms with E-state index in [0.29, 0.717) is 16.1 Å². The summed E-state index contributed by atoms with van der Waals surface area (Å²) >= 11 is 5.96. The second-order valence-corrected chi connectivity index (χ2v) is 8.13. The highest BCUT2D eigenvalue weighted by Crippen LogP contribution is 2.44. The maximum absolute atomic E-state index is 12.3. The Morgan fingerprint density at radius 2 is 1.62 bits per heavy atom. The molecule has 0 saturated carbocycles. The molecule has 1 aliphatic carbocycles. The molecule has 0 aliphatic heterocycles. The number of hydrogen-bond acceptors (Lipinski definition) is 5. The van der Waals surface area contributed by atoms with E-state index in [1.54, 1.807) is 6.07 Å². The van der Waals surface area contributed by atoms with Crippen LogP contribution in [0, 0.1) is 0 Å². The third kappa shape index (κ3) is 4.49. The van der Waals surface area contributed by atoms with E-state index in [2.05, 4.69) is 17.4 Å². The number of carbonyl (C=O) groups is 1. The lowest BCUT2D eigenvalue weighted by Crippen LogP contribution is -2.36. The van der Waals surface area contributed by atoms with Crippen molar-refractivity contribution in [2.45, 2.75) is 24.7 Å². The van der Waals surface area contributed by atoms with Gasteiger partial charge in [-0.15, -0.1) is 0 Å². The molecule has 1 aliphatic rings. The Hall–Kier alpha value is -2.90. The number of benzene rings is 3. The van der Waals surface area contributed by atoms with Crippen LogP contribution >= 0.6 is 11.6 Å². The Balaban J connectivity index is 1.34. The average Bonchev–Trinajstić information content (AvgIpc) is 3.14. The van der Waals surface area contributed by atoms with Gasteiger partial charge in [-0.05, 0) is 45.5 Å². The first-order valence-electron chi connectivity index (χ1n) is 10.3. The number of nitrogens with one attached hydrogen (secondary N) is 1. The van der Waals surface area contributed by atoms with Gasteiger partial charge in [0.1, 0.15) is 18.8 Å². The maximum atomic E-state index is 12.3. The Bertz CT molecular complexity index is 1070. The van der Waals surface area contributed by atoms with Gasteiger partial charge in [0.05, 0.1) is 6.61 Å². The first kappa shape index (κ1) is 22.3. The van der Waals surface area contributed by atoms with Crippen molar-refractivity contribution in [3.8, 4) is 11.1 Å². The van der Waals surface area contributed by atoms with Crippen molar-refractivity contribution in [2.24, 2.45) is 0 Å². The minimum Gasteiger partial charge on any atom is -0.449 e. The Morgan fingerprint density at radius 1 is 1.00 bits per heavy atom. The number of hydrogen-bond donors (Lipinski definition) is 4. The number of aliphatic hydroxyl groups is 3. The lowest BCUT2D eigenvalue weighted by Gasteiger charge is -2.20. The van der Waals surface area contributed by atoms with Gasteiger partial charge < -0.3 is 25.4 Å². The molecule has 0 heterocycles. The summed E-state index contributed by atoms with van der Waals surface area (Å²) in [5.41, 5.74) is 5.33. The SMILES string of the molecule is O=C(NCC(O)C(O)c1ccc(Cl)c(CO)c1)OCC1c2ccccc2-c2ccccc21. The van der Waals surface area contributed by atoms with E-state index < -0.39 is 18.3 Å². The molecule has 0 aromatic heterocycles. The molecule has 2 unspecified atom stereocenters. The fourth-order valence-electron chi connectivity index (χ4n) is 4.07. The third-order valence-electron chi connectivity index (χ3n) is 5.75. The third-order valence-corrected chi connectivity index (χ3v) is 6.11. The largest absolute Gasteiger partial charge is 0.449 e. The van der Waals surface area contributed by atoms with Crippen LogP contribution in [0.25, 0.3) is 11.1 Å². The number of ether oxygens (including phenoxy) is 1. The van der Waals surface area contributed by atoms with Crippen molar-refractivity contribution in [1.29, 1.82) is 0 Å². The van der Waals surface area contributed by atoms with Crippen LogP contribution in [0.2, 0.25) is 5.02 Å². The van der Waals surface area contributed by atoms with Crippen LogP contribution < -0.4 is 5.32 Å². The quantitative estimate of drug-likeness (QED) is 0.436. The van der Waals surface area contributed by atoms with Crippen LogP contribution in [0.3, 0.4) is 0 Å². The van der Waals surface area contributed by atoms with E-state index in [1.165, 1.54) is 12.1 Å². The predicted octanol–water partition coefficient (Wildman–Crippen LogP) is 3.77. The van der Waals surface area contributed by atoms with Crippen molar-refractivity contribution >= 4 is 17.7 Å². The van der Waals surface area contributed by atoms with Crippen molar-refractivity contribution in [1.82, 2.24) is 5.32 Å². The van der Waals surface area contributed by atoms with Gasteiger partial charge in [-0.2, -0.15) is 0 Å². The molecule has 166 valence electrons. The molecule has 2 atom stereocenters. The molecule has 0 spiro atoms. The molecule has 32 heavy (non-hydrogen) atoms. The van der Waals surface area contributed by atoms with Crippen LogP contribution in [0.5, 0.6) is 0 Å². The summed E-state index contributed by atoms with van der Waals surface area (Å²) in [6, 6.07) is 20.7. The second-order valence-electron chi connectivity index (χ2n) is 7.73. The zero-order chi connectivity index (χ0) is 22.7. The minimum atomic E-state index is -1.26. The molecule has 0 saturated heterocycles. The Kier molecular flexibility index (Phi) is 6.77. The van der Waals surface area contributed by atoms with Gasteiger partial charge in [0.15, 0.2) is 0 Å². The van der Waals surface area contributed by atoms with Crippen molar-refractivity contribution in [3.63, 3.8) is 0 Å². The fourth-order valence-corrected chi connectivity index (χ4v) is 4.25. The number of halogens is 1. The molecule has 6 nitrogen and oxygen atoms in total. The number of aliphatic hydroxyl groups excluding tert-OH is 3. The summed E-state index contributed by atoms with van der Waals surface area (Å²) in [6.07, 6.45) is -3.19.